The van der Waals surface area contributed by atoms with Gasteiger partial charge in [-0.2, -0.15) is 0 Å². The Bertz CT molecular complexity index is 114. The van der Waals surface area contributed by atoms with Gasteiger partial charge in [-0.25, -0.2) is 0 Å². The topological polar surface area (TPSA) is 26.0 Å². The molecular weight excluding hydrogens is 146 g/mol. The lowest BCUT2D eigenvalue weighted by Crippen LogP contribution is -2.48. The number of fused-ring (bicyclic) bond motifs is 1. The maximum absolute atomic E-state index is 5.83. The van der Waals surface area contributed by atoms with E-state index in [2.05, 4.69) is 0 Å². The SMILES string of the molecule is Cl.N[C@H]1C[C@H]2CCCC[C@H]21. The summed E-state index contributed by atoms with van der Waals surface area (Å²) >= 11 is 0. The van der Waals surface area contributed by atoms with Crippen LogP contribution in [0, 0.1) is 11.8 Å². The van der Waals surface area contributed by atoms with Gasteiger partial charge in [0.1, 0.15) is 0 Å². The third-order valence-electron chi connectivity index (χ3n) is 3.09. The van der Waals surface area contributed by atoms with Crippen molar-refractivity contribution in [2.45, 2.75) is 38.1 Å². The summed E-state index contributed by atoms with van der Waals surface area (Å²) in [6.45, 7) is 0. The Balaban J connectivity index is 0.000000500. The molecule has 2 heteroatoms. The lowest BCUT2D eigenvalue weighted by molar-refractivity contribution is 0.0835. The van der Waals surface area contributed by atoms with Crippen molar-refractivity contribution < 1.29 is 0 Å². The van der Waals surface area contributed by atoms with Gasteiger partial charge in [-0.3, -0.25) is 0 Å². The molecule has 0 radical (unpaired) electrons. The summed E-state index contributed by atoms with van der Waals surface area (Å²) in [5, 5.41) is 0. The molecule has 0 unspecified atom stereocenters. The molecule has 60 valence electrons. The highest BCUT2D eigenvalue weighted by Crippen LogP contribution is 2.43. The molecule has 3 atom stereocenters. The van der Waals surface area contributed by atoms with Crippen LogP contribution in [0.2, 0.25) is 0 Å². The smallest absolute Gasteiger partial charge is 0.00725 e. The highest BCUT2D eigenvalue weighted by atomic mass is 35.5. The quantitative estimate of drug-likeness (QED) is 0.578. The van der Waals surface area contributed by atoms with Crippen molar-refractivity contribution in [3.05, 3.63) is 0 Å². The molecule has 0 spiro atoms. The van der Waals surface area contributed by atoms with E-state index in [4.69, 9.17) is 5.73 Å². The minimum atomic E-state index is 0. The molecule has 1 nitrogen and oxygen atoms in total. The van der Waals surface area contributed by atoms with Crippen molar-refractivity contribution in [3.63, 3.8) is 0 Å². The lowest BCUT2D eigenvalue weighted by atomic mass is 9.62. The molecule has 2 fully saturated rings. The Morgan fingerprint density at radius 3 is 2.30 bits per heavy atom. The van der Waals surface area contributed by atoms with E-state index in [1.165, 1.54) is 32.1 Å². The van der Waals surface area contributed by atoms with Crippen molar-refractivity contribution in [1.29, 1.82) is 0 Å². The van der Waals surface area contributed by atoms with Gasteiger partial charge in [0.15, 0.2) is 0 Å². The Labute approximate surface area is 68.8 Å². The summed E-state index contributed by atoms with van der Waals surface area (Å²) in [6, 6.07) is 0.579. The van der Waals surface area contributed by atoms with Gasteiger partial charge in [-0.05, 0) is 24.7 Å². The number of rotatable bonds is 0. The molecule has 10 heavy (non-hydrogen) atoms. The van der Waals surface area contributed by atoms with Crippen LogP contribution < -0.4 is 5.73 Å². The van der Waals surface area contributed by atoms with Crippen molar-refractivity contribution in [2.75, 3.05) is 0 Å². The average molecular weight is 162 g/mol. The third kappa shape index (κ3) is 1.17. The van der Waals surface area contributed by atoms with Gasteiger partial charge < -0.3 is 5.73 Å². The molecule has 2 rings (SSSR count). The first-order valence-electron chi connectivity index (χ1n) is 4.13. The van der Waals surface area contributed by atoms with E-state index in [1.807, 2.05) is 0 Å². The van der Waals surface area contributed by atoms with Crippen LogP contribution in [0.25, 0.3) is 0 Å². The largest absolute Gasteiger partial charge is 0.327 e. The van der Waals surface area contributed by atoms with Gasteiger partial charge in [0, 0.05) is 6.04 Å². The van der Waals surface area contributed by atoms with Crippen LogP contribution in [0.5, 0.6) is 0 Å². The summed E-state index contributed by atoms with van der Waals surface area (Å²) < 4.78 is 0. The molecule has 0 amide bonds. The van der Waals surface area contributed by atoms with Gasteiger partial charge in [0.25, 0.3) is 0 Å². The first-order chi connectivity index (χ1) is 4.38. The molecule has 0 saturated heterocycles. The minimum Gasteiger partial charge on any atom is -0.327 e. The fraction of sp³-hybridized carbons (Fsp3) is 1.00. The zero-order valence-electron chi connectivity index (χ0n) is 6.25. The number of nitrogens with two attached hydrogens (primary N) is 1. The van der Waals surface area contributed by atoms with Crippen molar-refractivity contribution >= 4 is 12.4 Å². The first kappa shape index (κ1) is 8.35. The second-order valence-corrected chi connectivity index (χ2v) is 3.61. The zero-order chi connectivity index (χ0) is 6.27. The van der Waals surface area contributed by atoms with Gasteiger partial charge >= 0.3 is 0 Å². The second-order valence-electron chi connectivity index (χ2n) is 3.61. The molecule has 0 aromatic carbocycles. The Hall–Kier alpha value is 0.250. The summed E-state index contributed by atoms with van der Waals surface area (Å²) in [7, 11) is 0. The van der Waals surface area contributed by atoms with E-state index in [-0.39, 0.29) is 12.4 Å². The van der Waals surface area contributed by atoms with E-state index >= 15 is 0 Å². The minimum absolute atomic E-state index is 0. The normalized spacial score (nSPS) is 44.7. The average Bonchev–Trinajstić information content (AvgIpc) is 1.86. The summed E-state index contributed by atoms with van der Waals surface area (Å²) in [6.07, 6.45) is 7.12. The molecule has 2 N–H and O–H groups in total. The van der Waals surface area contributed by atoms with Crippen LogP contribution in [0.3, 0.4) is 0 Å². The number of hydrogen-bond donors (Lipinski definition) is 1. The predicted octanol–water partition coefficient (Wildman–Crippen LogP) is 1.95. The fourth-order valence-corrected chi connectivity index (χ4v) is 2.42. The van der Waals surface area contributed by atoms with Gasteiger partial charge in [-0.1, -0.05) is 19.3 Å². The third-order valence-corrected chi connectivity index (χ3v) is 3.09. The maximum Gasteiger partial charge on any atom is 0.00725 e. The van der Waals surface area contributed by atoms with Crippen molar-refractivity contribution in [1.82, 2.24) is 0 Å². The van der Waals surface area contributed by atoms with E-state index in [1.54, 1.807) is 0 Å². The van der Waals surface area contributed by atoms with Crippen LogP contribution in [-0.2, 0) is 0 Å². The van der Waals surface area contributed by atoms with Gasteiger partial charge in [0.05, 0.1) is 0 Å². The summed E-state index contributed by atoms with van der Waals surface area (Å²) in [4.78, 5) is 0. The van der Waals surface area contributed by atoms with Crippen LogP contribution in [-0.4, -0.2) is 6.04 Å². The van der Waals surface area contributed by atoms with Crippen LogP contribution in [0.4, 0.5) is 0 Å². The molecule has 0 heterocycles. The molecule has 2 aliphatic carbocycles. The lowest BCUT2D eigenvalue weighted by Gasteiger charge is -2.46. The highest BCUT2D eigenvalue weighted by Gasteiger charge is 2.39. The van der Waals surface area contributed by atoms with Gasteiger partial charge in [-0.15, -0.1) is 12.4 Å². The highest BCUT2D eigenvalue weighted by molar-refractivity contribution is 5.85. The van der Waals surface area contributed by atoms with E-state index in [0.717, 1.165) is 11.8 Å². The second kappa shape index (κ2) is 3.10. The molecule has 0 aromatic rings. The monoisotopic (exact) mass is 161 g/mol. The summed E-state index contributed by atoms with van der Waals surface area (Å²) in [5.41, 5.74) is 5.83. The van der Waals surface area contributed by atoms with Crippen LogP contribution in [0.15, 0.2) is 0 Å². The van der Waals surface area contributed by atoms with Crippen LogP contribution >= 0.6 is 12.4 Å². The van der Waals surface area contributed by atoms with Crippen molar-refractivity contribution in [2.24, 2.45) is 17.6 Å². The zero-order valence-corrected chi connectivity index (χ0v) is 7.07. The molecule has 0 bridgehead atoms. The van der Waals surface area contributed by atoms with E-state index in [9.17, 15) is 0 Å². The Kier molecular flexibility index (Phi) is 2.59. The van der Waals surface area contributed by atoms with Crippen LogP contribution in [0.1, 0.15) is 32.1 Å². The molecule has 0 aliphatic heterocycles. The number of hydrogen-bond acceptors (Lipinski definition) is 1. The molecule has 0 aromatic heterocycles. The predicted molar refractivity (Wildman–Crippen MR) is 45.3 cm³/mol. The maximum atomic E-state index is 5.83. The van der Waals surface area contributed by atoms with Gasteiger partial charge in [0.2, 0.25) is 0 Å². The molecule has 2 aliphatic rings. The standard InChI is InChI=1S/C8H15N.ClH/c9-8-5-6-3-1-2-4-7(6)8;/h6-8H,1-5,9H2;1H/t6-,7-,8+;/m1./s1. The Morgan fingerprint density at radius 1 is 1.10 bits per heavy atom. The fourth-order valence-electron chi connectivity index (χ4n) is 2.42. The Morgan fingerprint density at radius 2 is 1.80 bits per heavy atom. The van der Waals surface area contributed by atoms with E-state index < -0.39 is 0 Å². The van der Waals surface area contributed by atoms with E-state index in [0.29, 0.717) is 6.04 Å². The molecular formula is C8H16ClN. The first-order valence-corrected chi connectivity index (χ1v) is 4.13. The summed E-state index contributed by atoms with van der Waals surface area (Å²) in [5.74, 6) is 1.97. The molecule has 2 saturated carbocycles. The van der Waals surface area contributed by atoms with Crippen molar-refractivity contribution in [3.8, 4) is 0 Å². The number of halogens is 1.